The Morgan fingerprint density at radius 3 is 2.54 bits per heavy atom. The maximum absolute atomic E-state index is 6.43. The van der Waals surface area contributed by atoms with Crippen LogP contribution in [0.2, 0.25) is 0 Å². The Hall–Kier alpha value is -3.08. The van der Waals surface area contributed by atoms with E-state index in [4.69, 9.17) is 5.73 Å². The fourth-order valence-corrected chi connectivity index (χ4v) is 3.46. The molecule has 0 saturated heterocycles. The lowest BCUT2D eigenvalue weighted by Gasteiger charge is -2.31. The quantitative estimate of drug-likeness (QED) is 0.753. The number of aromatic nitrogens is 2. The third-order valence-electron chi connectivity index (χ3n) is 4.95. The lowest BCUT2D eigenvalue weighted by atomic mass is 10.00. The topological polar surface area (TPSA) is 67.1 Å². The van der Waals surface area contributed by atoms with Crippen molar-refractivity contribution in [3.63, 3.8) is 0 Å². The molecule has 5 nitrogen and oxygen atoms in total. The Bertz CT molecular complexity index is 894. The van der Waals surface area contributed by atoms with Gasteiger partial charge in [-0.25, -0.2) is 9.97 Å². The molecule has 2 aromatic carbocycles. The lowest BCUT2D eigenvalue weighted by molar-refractivity contribution is 0.720. The number of nitrogens with two attached hydrogens (primary N) is 1. The maximum atomic E-state index is 6.43. The summed E-state index contributed by atoms with van der Waals surface area (Å²) in [5, 5.41) is 3.42. The van der Waals surface area contributed by atoms with Gasteiger partial charge in [0.05, 0.1) is 6.04 Å². The zero-order valence-corrected chi connectivity index (χ0v) is 14.9. The molecule has 4 rings (SSSR count). The van der Waals surface area contributed by atoms with Crippen LogP contribution in [0.5, 0.6) is 0 Å². The minimum Gasteiger partial charge on any atom is -0.393 e. The molecule has 1 aliphatic heterocycles. The van der Waals surface area contributed by atoms with E-state index in [1.807, 2.05) is 18.2 Å². The Labute approximate surface area is 153 Å². The molecule has 0 aliphatic carbocycles. The molecule has 3 aromatic rings. The number of rotatable bonds is 4. The van der Waals surface area contributed by atoms with Crippen LogP contribution in [-0.4, -0.2) is 16.5 Å². The van der Waals surface area contributed by atoms with Gasteiger partial charge in [0.1, 0.15) is 12.0 Å². The van der Waals surface area contributed by atoms with Crippen LogP contribution in [0.4, 0.5) is 17.3 Å². The Morgan fingerprint density at radius 1 is 1.00 bits per heavy atom. The van der Waals surface area contributed by atoms with Crippen molar-refractivity contribution >= 4 is 17.3 Å². The molecule has 0 fully saturated rings. The van der Waals surface area contributed by atoms with Crippen LogP contribution in [0.15, 0.2) is 60.9 Å². The summed E-state index contributed by atoms with van der Waals surface area (Å²) < 4.78 is 0. The number of nitrogens with zero attached hydrogens (tertiary/aromatic N) is 3. The fraction of sp³-hybridized carbons (Fsp3) is 0.238. The first kappa shape index (κ1) is 16.4. The number of hydrogen-bond donors (Lipinski definition) is 2. The van der Waals surface area contributed by atoms with Crippen LogP contribution < -0.4 is 16.0 Å². The van der Waals surface area contributed by atoms with Crippen molar-refractivity contribution in [2.75, 3.05) is 22.5 Å². The third kappa shape index (κ3) is 3.20. The number of fused-ring (bicyclic) bond motifs is 1. The highest BCUT2D eigenvalue weighted by Gasteiger charge is 2.21. The van der Waals surface area contributed by atoms with Crippen LogP contribution in [0.3, 0.4) is 0 Å². The van der Waals surface area contributed by atoms with Crippen LogP contribution in [0.25, 0.3) is 0 Å². The van der Waals surface area contributed by atoms with E-state index < -0.39 is 0 Å². The summed E-state index contributed by atoms with van der Waals surface area (Å²) in [6.07, 6.45) is 2.59. The van der Waals surface area contributed by atoms with Crippen LogP contribution in [-0.2, 0) is 13.0 Å². The Balaban J connectivity index is 1.57. The smallest absolute Gasteiger partial charge is 0.157 e. The van der Waals surface area contributed by atoms with E-state index in [9.17, 15) is 0 Å². The second-order valence-corrected chi connectivity index (χ2v) is 6.68. The third-order valence-corrected chi connectivity index (χ3v) is 4.95. The van der Waals surface area contributed by atoms with Crippen LogP contribution in [0, 0.1) is 0 Å². The predicted octanol–water partition coefficient (Wildman–Crippen LogP) is 3.79. The number of benzene rings is 2. The molecule has 2 heterocycles. The fourth-order valence-electron chi connectivity index (χ4n) is 3.46. The Kier molecular flexibility index (Phi) is 4.44. The minimum atomic E-state index is 0.114. The minimum absolute atomic E-state index is 0.114. The molecule has 1 atom stereocenters. The molecule has 0 radical (unpaired) electrons. The monoisotopic (exact) mass is 345 g/mol. The lowest BCUT2D eigenvalue weighted by Crippen LogP contribution is -2.32. The molecule has 5 heteroatoms. The van der Waals surface area contributed by atoms with Crippen molar-refractivity contribution in [1.82, 2.24) is 9.97 Å². The zero-order valence-electron chi connectivity index (χ0n) is 14.9. The highest BCUT2D eigenvalue weighted by Crippen LogP contribution is 2.31. The van der Waals surface area contributed by atoms with Gasteiger partial charge in [-0.1, -0.05) is 54.6 Å². The van der Waals surface area contributed by atoms with E-state index >= 15 is 0 Å². The van der Waals surface area contributed by atoms with Gasteiger partial charge in [-0.2, -0.15) is 0 Å². The first-order chi connectivity index (χ1) is 12.7. The molecule has 0 saturated carbocycles. The van der Waals surface area contributed by atoms with Gasteiger partial charge >= 0.3 is 0 Å². The summed E-state index contributed by atoms with van der Waals surface area (Å²) >= 11 is 0. The zero-order chi connectivity index (χ0) is 17.9. The van der Waals surface area contributed by atoms with Crippen molar-refractivity contribution in [3.8, 4) is 0 Å². The maximum Gasteiger partial charge on any atom is 0.157 e. The first-order valence-electron chi connectivity index (χ1n) is 8.96. The molecule has 1 unspecified atom stereocenters. The van der Waals surface area contributed by atoms with Gasteiger partial charge in [0.2, 0.25) is 0 Å². The van der Waals surface area contributed by atoms with Gasteiger partial charge in [0.15, 0.2) is 11.6 Å². The summed E-state index contributed by atoms with van der Waals surface area (Å²) in [5.41, 5.74) is 11.0. The average molecular weight is 345 g/mol. The van der Waals surface area contributed by atoms with E-state index in [0.29, 0.717) is 11.5 Å². The van der Waals surface area contributed by atoms with Gasteiger partial charge in [-0.15, -0.1) is 0 Å². The Morgan fingerprint density at radius 2 is 1.73 bits per heavy atom. The number of hydrogen-bond acceptors (Lipinski definition) is 5. The van der Waals surface area contributed by atoms with Crippen LogP contribution in [0.1, 0.15) is 29.7 Å². The second-order valence-electron chi connectivity index (χ2n) is 6.68. The molecule has 0 bridgehead atoms. The predicted molar refractivity (Wildman–Crippen MR) is 106 cm³/mol. The first-order valence-corrected chi connectivity index (χ1v) is 8.96. The van der Waals surface area contributed by atoms with E-state index in [2.05, 4.69) is 63.5 Å². The van der Waals surface area contributed by atoms with Gasteiger partial charge in [-0.05, 0) is 30.0 Å². The summed E-state index contributed by atoms with van der Waals surface area (Å²) in [4.78, 5) is 11.1. The summed E-state index contributed by atoms with van der Waals surface area (Å²) in [7, 11) is 0. The van der Waals surface area contributed by atoms with Gasteiger partial charge in [-0.3, -0.25) is 0 Å². The number of nitrogen functional groups attached to an aromatic ring is 1. The highest BCUT2D eigenvalue weighted by atomic mass is 15.2. The van der Waals surface area contributed by atoms with Crippen molar-refractivity contribution in [1.29, 1.82) is 0 Å². The number of nitrogens with one attached hydrogen (secondary N) is 1. The van der Waals surface area contributed by atoms with E-state index in [0.717, 1.165) is 25.3 Å². The van der Waals surface area contributed by atoms with Gasteiger partial charge < -0.3 is 16.0 Å². The highest BCUT2D eigenvalue weighted by molar-refractivity contribution is 5.75. The molecule has 0 amide bonds. The number of anilines is 3. The van der Waals surface area contributed by atoms with Crippen LogP contribution >= 0.6 is 0 Å². The molecule has 1 aliphatic rings. The van der Waals surface area contributed by atoms with Crippen molar-refractivity contribution in [2.45, 2.75) is 25.9 Å². The molecule has 1 aromatic heterocycles. The molecular weight excluding hydrogens is 322 g/mol. The van der Waals surface area contributed by atoms with E-state index in [-0.39, 0.29) is 6.04 Å². The molecule has 132 valence electrons. The summed E-state index contributed by atoms with van der Waals surface area (Å²) in [6, 6.07) is 18.9. The van der Waals surface area contributed by atoms with Gasteiger partial charge in [0, 0.05) is 13.1 Å². The second kappa shape index (κ2) is 7.04. The average Bonchev–Trinajstić information content (AvgIpc) is 2.70. The van der Waals surface area contributed by atoms with Crippen molar-refractivity contribution < 1.29 is 0 Å². The molecular formula is C21H23N5. The molecule has 3 N–H and O–H groups in total. The summed E-state index contributed by atoms with van der Waals surface area (Å²) in [6.45, 7) is 3.84. The SMILES string of the molecule is CC(Nc1ncnc(N2CCc3ccccc3C2)c1N)c1ccccc1. The van der Waals surface area contributed by atoms with E-state index in [1.165, 1.54) is 16.7 Å². The van der Waals surface area contributed by atoms with Crippen molar-refractivity contribution in [3.05, 3.63) is 77.6 Å². The normalized spacial score (nSPS) is 14.6. The van der Waals surface area contributed by atoms with E-state index in [1.54, 1.807) is 6.33 Å². The largest absolute Gasteiger partial charge is 0.393 e. The molecule has 26 heavy (non-hydrogen) atoms. The summed E-state index contributed by atoms with van der Waals surface area (Å²) in [5.74, 6) is 1.49. The standard InChI is InChI=1S/C21H23N5/c1-15(16-7-3-2-4-8-16)25-20-19(22)21(24-14-23-20)26-12-11-17-9-5-6-10-18(17)13-26/h2-10,14-15H,11-13,22H2,1H3,(H,23,24,25). The molecule has 0 spiro atoms. The van der Waals surface area contributed by atoms with Crippen molar-refractivity contribution in [2.24, 2.45) is 0 Å². The van der Waals surface area contributed by atoms with Gasteiger partial charge in [0.25, 0.3) is 0 Å².